The van der Waals surface area contributed by atoms with Crippen molar-refractivity contribution >= 4 is 19.8 Å². The normalized spacial score (nSPS) is 10.8. The maximum Gasteiger partial charge on any atom is 0.526 e. The molecule has 7 nitrogen and oxygen atoms in total. The molecule has 0 heterocycles. The third kappa shape index (κ3) is 7.20. The zero-order valence-corrected chi connectivity index (χ0v) is 6.73. The van der Waals surface area contributed by atoms with Gasteiger partial charge in [-0.25, -0.2) is 4.57 Å². The van der Waals surface area contributed by atoms with Crippen LogP contribution >= 0.6 is 7.82 Å². The Hall–Kier alpha value is -0.910. The molecule has 0 aliphatic heterocycles. The zero-order valence-electron chi connectivity index (χ0n) is 5.84. The lowest BCUT2D eigenvalue weighted by molar-refractivity contribution is -0.142. The quantitative estimate of drug-likeness (QED) is 0.520. The molecule has 0 aliphatic rings. The summed E-state index contributed by atoms with van der Waals surface area (Å²) in [5, 5.41) is 8.06. The summed E-state index contributed by atoms with van der Waals surface area (Å²) in [7, 11) is -4.82. The van der Waals surface area contributed by atoms with Crippen molar-refractivity contribution in [2.24, 2.45) is 0 Å². The van der Waals surface area contributed by atoms with E-state index in [1.807, 2.05) is 0 Å². The summed E-state index contributed by atoms with van der Waals surface area (Å²) < 4.78 is 13.5. The number of hydrogen-bond donors (Lipinski definition) is 3. The molecule has 0 radical (unpaired) electrons. The largest absolute Gasteiger partial charge is 0.526 e. The third-order valence-corrected chi connectivity index (χ3v) is 1.21. The fourth-order valence-electron chi connectivity index (χ4n) is 0.387. The Labute approximate surface area is 67.2 Å². The summed E-state index contributed by atoms with van der Waals surface area (Å²) in [6.07, 6.45) is -1.07. The summed E-state index contributed by atoms with van der Waals surface area (Å²) in [5.74, 6) is -2.47. The van der Waals surface area contributed by atoms with Gasteiger partial charge in [-0.15, -0.1) is 0 Å². The molecule has 0 saturated heterocycles. The molecule has 12 heavy (non-hydrogen) atoms. The lowest BCUT2D eigenvalue weighted by Gasteiger charge is -2.02. The molecule has 0 saturated carbocycles. The molecule has 0 fully saturated rings. The van der Waals surface area contributed by atoms with E-state index in [4.69, 9.17) is 14.9 Å². The van der Waals surface area contributed by atoms with Crippen molar-refractivity contribution in [1.29, 1.82) is 0 Å². The standard InChI is InChI=1S/C4H7O7P/c5-3(6)1-2-4(7)11-12(8,9)10/h1-2H2,(H,5,6)(H2,8,9,10). The zero-order chi connectivity index (χ0) is 9.78. The van der Waals surface area contributed by atoms with Crippen LogP contribution < -0.4 is 0 Å². The second kappa shape index (κ2) is 4.20. The van der Waals surface area contributed by atoms with E-state index in [1.165, 1.54) is 0 Å². The van der Waals surface area contributed by atoms with E-state index in [0.29, 0.717) is 0 Å². The number of rotatable bonds is 4. The minimum absolute atomic E-state index is 0.515. The molecule has 0 amide bonds. The number of carboxylic acids is 1. The molecule has 0 atom stereocenters. The van der Waals surface area contributed by atoms with Crippen molar-refractivity contribution in [1.82, 2.24) is 0 Å². The fourth-order valence-corrected chi connectivity index (χ4v) is 0.744. The smallest absolute Gasteiger partial charge is 0.481 e. The summed E-state index contributed by atoms with van der Waals surface area (Å²) in [6.45, 7) is 0. The third-order valence-electron chi connectivity index (χ3n) is 0.764. The molecule has 3 N–H and O–H groups in total. The van der Waals surface area contributed by atoms with Crippen molar-refractivity contribution in [2.75, 3.05) is 0 Å². The average molecular weight is 198 g/mol. The van der Waals surface area contributed by atoms with Gasteiger partial charge in [-0.1, -0.05) is 0 Å². The van der Waals surface area contributed by atoms with Crippen LogP contribution in [0.2, 0.25) is 0 Å². The van der Waals surface area contributed by atoms with Gasteiger partial charge in [0.2, 0.25) is 0 Å². The van der Waals surface area contributed by atoms with Crippen LogP contribution in [0.25, 0.3) is 0 Å². The topological polar surface area (TPSA) is 121 Å². The second-order valence-electron chi connectivity index (χ2n) is 1.85. The van der Waals surface area contributed by atoms with Crippen LogP contribution in [-0.4, -0.2) is 26.8 Å². The Morgan fingerprint density at radius 1 is 1.25 bits per heavy atom. The molecule has 0 unspecified atom stereocenters. The number of phosphoric acid groups is 1. The first kappa shape index (κ1) is 11.1. The van der Waals surface area contributed by atoms with E-state index < -0.39 is 32.6 Å². The second-order valence-corrected chi connectivity index (χ2v) is 3.01. The predicted octanol–water partition coefficient (Wildman–Crippen LogP) is -0.513. The Morgan fingerprint density at radius 2 is 1.75 bits per heavy atom. The van der Waals surface area contributed by atoms with Gasteiger partial charge >= 0.3 is 19.8 Å². The lowest BCUT2D eigenvalue weighted by Crippen LogP contribution is -2.05. The highest BCUT2D eigenvalue weighted by Gasteiger charge is 2.20. The van der Waals surface area contributed by atoms with Crippen LogP contribution in [0.5, 0.6) is 0 Å². The Morgan fingerprint density at radius 3 is 2.08 bits per heavy atom. The Bertz CT molecular complexity index is 228. The van der Waals surface area contributed by atoms with Crippen molar-refractivity contribution in [3.63, 3.8) is 0 Å². The van der Waals surface area contributed by atoms with Crippen LogP contribution in [-0.2, 0) is 18.7 Å². The highest BCUT2D eigenvalue weighted by atomic mass is 31.2. The number of carbonyl (C=O) groups is 2. The maximum absolute atomic E-state index is 10.4. The van der Waals surface area contributed by atoms with Crippen molar-refractivity contribution in [3.05, 3.63) is 0 Å². The molecule has 0 rings (SSSR count). The van der Waals surface area contributed by atoms with Crippen LogP contribution in [0, 0.1) is 0 Å². The van der Waals surface area contributed by atoms with E-state index in [2.05, 4.69) is 4.52 Å². The van der Waals surface area contributed by atoms with Crippen molar-refractivity contribution < 1.29 is 33.6 Å². The minimum atomic E-state index is -4.82. The van der Waals surface area contributed by atoms with Gasteiger partial charge in [0, 0.05) is 0 Å². The highest BCUT2D eigenvalue weighted by Crippen LogP contribution is 2.36. The average Bonchev–Trinajstić information content (AvgIpc) is 1.79. The van der Waals surface area contributed by atoms with E-state index in [9.17, 15) is 14.2 Å². The molecule has 0 aromatic rings. The first-order chi connectivity index (χ1) is 5.31. The molecular formula is C4H7O7P. The molecule has 0 aromatic heterocycles. The number of aliphatic carboxylic acids is 1. The van der Waals surface area contributed by atoms with E-state index in [-0.39, 0.29) is 0 Å². The summed E-state index contributed by atoms with van der Waals surface area (Å²) in [6, 6.07) is 0. The molecule has 0 aliphatic carbocycles. The summed E-state index contributed by atoms with van der Waals surface area (Å²) >= 11 is 0. The fraction of sp³-hybridized carbons (Fsp3) is 0.500. The van der Waals surface area contributed by atoms with Crippen LogP contribution in [0.3, 0.4) is 0 Å². The van der Waals surface area contributed by atoms with Gasteiger partial charge in [0.25, 0.3) is 0 Å². The number of carboxylic acid groups (broad SMARTS) is 1. The molecule has 0 aromatic carbocycles. The van der Waals surface area contributed by atoms with E-state index >= 15 is 0 Å². The minimum Gasteiger partial charge on any atom is -0.481 e. The van der Waals surface area contributed by atoms with Crippen LogP contribution in [0.15, 0.2) is 0 Å². The van der Waals surface area contributed by atoms with Gasteiger partial charge < -0.3 is 9.63 Å². The van der Waals surface area contributed by atoms with E-state index in [0.717, 1.165) is 0 Å². The van der Waals surface area contributed by atoms with Gasteiger partial charge in [-0.05, 0) is 0 Å². The first-order valence-electron chi connectivity index (χ1n) is 2.81. The SMILES string of the molecule is O=C(O)CCC(=O)OP(=O)(O)O. The monoisotopic (exact) mass is 198 g/mol. The predicted molar refractivity (Wildman–Crippen MR) is 35.0 cm³/mol. The Kier molecular flexibility index (Phi) is 3.88. The molecule has 0 spiro atoms. The number of hydrogen-bond acceptors (Lipinski definition) is 4. The molecule has 8 heteroatoms. The summed E-state index contributed by atoms with van der Waals surface area (Å²) in [5.41, 5.74) is 0. The van der Waals surface area contributed by atoms with Crippen LogP contribution in [0.4, 0.5) is 0 Å². The highest BCUT2D eigenvalue weighted by molar-refractivity contribution is 7.46. The van der Waals surface area contributed by atoms with Gasteiger partial charge in [0.05, 0.1) is 12.8 Å². The van der Waals surface area contributed by atoms with Gasteiger partial charge in [0.15, 0.2) is 0 Å². The molecular weight excluding hydrogens is 191 g/mol. The van der Waals surface area contributed by atoms with Gasteiger partial charge in [-0.3, -0.25) is 19.4 Å². The van der Waals surface area contributed by atoms with Gasteiger partial charge in [-0.2, -0.15) is 0 Å². The van der Waals surface area contributed by atoms with Crippen molar-refractivity contribution in [3.8, 4) is 0 Å². The van der Waals surface area contributed by atoms with E-state index in [1.54, 1.807) is 0 Å². The maximum atomic E-state index is 10.4. The van der Waals surface area contributed by atoms with Crippen LogP contribution in [0.1, 0.15) is 12.8 Å². The Balaban J connectivity index is 3.76. The molecule has 0 bridgehead atoms. The lowest BCUT2D eigenvalue weighted by atomic mass is 10.3. The van der Waals surface area contributed by atoms with Crippen molar-refractivity contribution in [2.45, 2.75) is 12.8 Å². The first-order valence-corrected chi connectivity index (χ1v) is 4.34. The number of phosphoric ester groups is 1. The molecule has 70 valence electrons. The summed E-state index contributed by atoms with van der Waals surface area (Å²) in [4.78, 5) is 36.4. The van der Waals surface area contributed by atoms with Gasteiger partial charge in [0.1, 0.15) is 0 Å². The number of carbonyl (C=O) groups excluding carboxylic acids is 1.